The number of carbonyl (C=O) groups is 2. The summed E-state index contributed by atoms with van der Waals surface area (Å²) in [6, 6.07) is 10.5. The van der Waals surface area contributed by atoms with Gasteiger partial charge in [-0.25, -0.2) is 4.68 Å². The van der Waals surface area contributed by atoms with Crippen LogP contribution in [-0.4, -0.2) is 32.0 Å². The smallest absolute Gasteiger partial charge is 0.325 e. The first-order chi connectivity index (χ1) is 12.1. The number of nitrogens with zero attached hydrogens (tertiary/aromatic N) is 3. The van der Waals surface area contributed by atoms with Crippen LogP contribution in [0.5, 0.6) is 0 Å². The van der Waals surface area contributed by atoms with Crippen LogP contribution >= 0.6 is 0 Å². The van der Waals surface area contributed by atoms with Gasteiger partial charge in [-0.05, 0) is 37.2 Å². The standard InChI is InChI=1S/C18H22N4O3/c23-17(24)12-22-11-16(20-21-22)10-19-18(25)15-8-6-14(7-9-15)13-4-2-1-3-5-13/h1-5,11,14-15H,6-10,12H2,(H,19,25)(H,23,24). The van der Waals surface area contributed by atoms with Gasteiger partial charge in [0, 0.05) is 5.92 Å². The fraction of sp³-hybridized carbons (Fsp3) is 0.444. The number of hydrogen-bond acceptors (Lipinski definition) is 4. The van der Waals surface area contributed by atoms with Gasteiger partial charge in [-0.1, -0.05) is 35.5 Å². The van der Waals surface area contributed by atoms with Crippen molar-refractivity contribution >= 4 is 11.9 Å². The average Bonchev–Trinajstić information content (AvgIpc) is 3.07. The zero-order valence-corrected chi connectivity index (χ0v) is 14.0. The Morgan fingerprint density at radius 3 is 2.56 bits per heavy atom. The van der Waals surface area contributed by atoms with E-state index >= 15 is 0 Å². The first-order valence-electron chi connectivity index (χ1n) is 8.55. The third kappa shape index (κ3) is 4.65. The highest BCUT2D eigenvalue weighted by molar-refractivity contribution is 5.78. The van der Waals surface area contributed by atoms with E-state index in [-0.39, 0.29) is 24.9 Å². The molecule has 1 heterocycles. The summed E-state index contributed by atoms with van der Waals surface area (Å²) in [5, 5.41) is 19.2. The molecule has 2 N–H and O–H groups in total. The Morgan fingerprint density at radius 1 is 1.16 bits per heavy atom. The lowest BCUT2D eigenvalue weighted by Crippen LogP contribution is -2.32. The van der Waals surface area contributed by atoms with E-state index in [1.807, 2.05) is 6.07 Å². The fourth-order valence-electron chi connectivity index (χ4n) is 3.37. The quantitative estimate of drug-likeness (QED) is 0.836. The molecule has 0 atom stereocenters. The predicted octanol–water partition coefficient (Wildman–Crippen LogP) is 1.95. The Hall–Kier alpha value is -2.70. The number of carbonyl (C=O) groups excluding carboxylic acids is 1. The van der Waals surface area contributed by atoms with Crippen molar-refractivity contribution in [2.45, 2.75) is 44.7 Å². The van der Waals surface area contributed by atoms with Gasteiger partial charge in [-0.15, -0.1) is 5.10 Å². The number of carboxylic acid groups (broad SMARTS) is 1. The Kier molecular flexibility index (Phi) is 5.42. The minimum Gasteiger partial charge on any atom is -0.480 e. The maximum Gasteiger partial charge on any atom is 0.325 e. The highest BCUT2D eigenvalue weighted by atomic mass is 16.4. The third-order valence-electron chi connectivity index (χ3n) is 4.70. The Balaban J connectivity index is 1.45. The zero-order chi connectivity index (χ0) is 17.6. The number of hydrogen-bond donors (Lipinski definition) is 2. The van der Waals surface area contributed by atoms with Crippen molar-refractivity contribution in [1.29, 1.82) is 0 Å². The van der Waals surface area contributed by atoms with Crippen molar-refractivity contribution in [3.05, 3.63) is 47.8 Å². The number of aromatic nitrogens is 3. The molecular weight excluding hydrogens is 320 g/mol. The second-order valence-electron chi connectivity index (χ2n) is 6.48. The molecule has 3 rings (SSSR count). The molecule has 0 bridgehead atoms. The van der Waals surface area contributed by atoms with E-state index in [0.29, 0.717) is 11.6 Å². The van der Waals surface area contributed by atoms with E-state index in [9.17, 15) is 9.59 Å². The molecule has 1 aromatic carbocycles. The third-order valence-corrected chi connectivity index (χ3v) is 4.70. The van der Waals surface area contributed by atoms with Crippen LogP contribution in [0.3, 0.4) is 0 Å². The van der Waals surface area contributed by atoms with Crippen LogP contribution in [0.2, 0.25) is 0 Å². The number of amides is 1. The van der Waals surface area contributed by atoms with Crippen LogP contribution in [-0.2, 0) is 22.7 Å². The van der Waals surface area contributed by atoms with Crippen LogP contribution < -0.4 is 5.32 Å². The second kappa shape index (κ2) is 7.92. The second-order valence-corrected chi connectivity index (χ2v) is 6.48. The molecule has 7 heteroatoms. The molecule has 2 aromatic rings. The molecule has 1 aliphatic rings. The molecule has 25 heavy (non-hydrogen) atoms. The maximum atomic E-state index is 12.3. The van der Waals surface area contributed by atoms with Crippen LogP contribution in [0.1, 0.15) is 42.9 Å². The van der Waals surface area contributed by atoms with Crippen molar-refractivity contribution in [3.8, 4) is 0 Å². The largest absolute Gasteiger partial charge is 0.480 e. The van der Waals surface area contributed by atoms with Crippen molar-refractivity contribution in [2.75, 3.05) is 0 Å². The van der Waals surface area contributed by atoms with E-state index in [4.69, 9.17) is 5.11 Å². The molecule has 0 aliphatic heterocycles. The molecule has 1 fully saturated rings. The minimum absolute atomic E-state index is 0.0361. The zero-order valence-electron chi connectivity index (χ0n) is 14.0. The molecule has 132 valence electrons. The molecule has 1 aliphatic carbocycles. The van der Waals surface area contributed by atoms with E-state index in [1.165, 1.54) is 10.2 Å². The van der Waals surface area contributed by atoms with Gasteiger partial charge >= 0.3 is 5.97 Å². The van der Waals surface area contributed by atoms with E-state index in [1.54, 1.807) is 6.20 Å². The topological polar surface area (TPSA) is 97.1 Å². The van der Waals surface area contributed by atoms with Crippen molar-refractivity contribution in [3.63, 3.8) is 0 Å². The normalized spacial score (nSPS) is 20.2. The van der Waals surface area contributed by atoms with Crippen LogP contribution in [0, 0.1) is 5.92 Å². The summed E-state index contributed by atoms with van der Waals surface area (Å²) in [5.74, 6) is -0.356. The summed E-state index contributed by atoms with van der Waals surface area (Å²) in [4.78, 5) is 23.0. The van der Waals surface area contributed by atoms with E-state index in [2.05, 4.69) is 39.9 Å². The lowest BCUT2D eigenvalue weighted by Gasteiger charge is -2.28. The molecule has 1 amide bonds. The molecule has 0 spiro atoms. The molecule has 0 unspecified atom stereocenters. The fourth-order valence-corrected chi connectivity index (χ4v) is 3.37. The maximum absolute atomic E-state index is 12.3. The van der Waals surface area contributed by atoms with Crippen LogP contribution in [0.25, 0.3) is 0 Å². The molecule has 7 nitrogen and oxygen atoms in total. The molecular formula is C18H22N4O3. The minimum atomic E-state index is -0.976. The molecule has 1 saturated carbocycles. The molecule has 0 saturated heterocycles. The highest BCUT2D eigenvalue weighted by Crippen LogP contribution is 2.35. The number of nitrogens with one attached hydrogen (secondary N) is 1. The number of carboxylic acids is 1. The summed E-state index contributed by atoms with van der Waals surface area (Å²) in [6.07, 6.45) is 5.36. The summed E-state index contributed by atoms with van der Waals surface area (Å²) < 4.78 is 1.24. The molecule has 1 aromatic heterocycles. The number of rotatable bonds is 6. The predicted molar refractivity (Wildman–Crippen MR) is 90.6 cm³/mol. The van der Waals surface area contributed by atoms with Gasteiger partial charge in [0.15, 0.2) is 0 Å². The summed E-state index contributed by atoms with van der Waals surface area (Å²) >= 11 is 0. The van der Waals surface area contributed by atoms with Crippen molar-refractivity contribution in [2.24, 2.45) is 5.92 Å². The summed E-state index contributed by atoms with van der Waals surface area (Å²) in [6.45, 7) is 0.0432. The van der Waals surface area contributed by atoms with E-state index < -0.39 is 5.97 Å². The Bertz CT molecular complexity index is 721. The Labute approximate surface area is 146 Å². The van der Waals surface area contributed by atoms with Gasteiger partial charge in [0.25, 0.3) is 0 Å². The average molecular weight is 342 g/mol. The van der Waals surface area contributed by atoms with Gasteiger partial charge in [0.05, 0.1) is 12.7 Å². The number of aliphatic carboxylic acids is 1. The van der Waals surface area contributed by atoms with E-state index in [0.717, 1.165) is 25.7 Å². The van der Waals surface area contributed by atoms with Crippen molar-refractivity contribution < 1.29 is 14.7 Å². The Morgan fingerprint density at radius 2 is 1.88 bits per heavy atom. The lowest BCUT2D eigenvalue weighted by atomic mass is 9.78. The van der Waals surface area contributed by atoms with Crippen LogP contribution in [0.4, 0.5) is 0 Å². The van der Waals surface area contributed by atoms with Gasteiger partial charge < -0.3 is 10.4 Å². The first kappa shape index (κ1) is 17.1. The van der Waals surface area contributed by atoms with Crippen LogP contribution in [0.15, 0.2) is 36.5 Å². The monoisotopic (exact) mass is 342 g/mol. The number of benzene rings is 1. The summed E-state index contributed by atoms with van der Waals surface area (Å²) in [7, 11) is 0. The summed E-state index contributed by atoms with van der Waals surface area (Å²) in [5.41, 5.74) is 1.92. The van der Waals surface area contributed by atoms with Gasteiger partial charge in [0.1, 0.15) is 12.2 Å². The first-order valence-corrected chi connectivity index (χ1v) is 8.55. The van der Waals surface area contributed by atoms with Crippen molar-refractivity contribution in [1.82, 2.24) is 20.3 Å². The lowest BCUT2D eigenvalue weighted by molar-refractivity contribution is -0.138. The molecule has 0 radical (unpaired) electrons. The van der Waals surface area contributed by atoms with Gasteiger partial charge in [0.2, 0.25) is 5.91 Å². The highest BCUT2D eigenvalue weighted by Gasteiger charge is 2.26. The van der Waals surface area contributed by atoms with Gasteiger partial charge in [-0.2, -0.15) is 0 Å². The SMILES string of the molecule is O=C(O)Cn1cc(CNC(=O)C2CCC(c3ccccc3)CC2)nn1. The van der Waals surface area contributed by atoms with Gasteiger partial charge in [-0.3, -0.25) is 9.59 Å².